The van der Waals surface area contributed by atoms with E-state index in [2.05, 4.69) is 11.3 Å². The van der Waals surface area contributed by atoms with Crippen LogP contribution < -0.4 is 0 Å². The van der Waals surface area contributed by atoms with Gasteiger partial charge in [0.15, 0.2) is 0 Å². The van der Waals surface area contributed by atoms with Gasteiger partial charge in [-0.25, -0.2) is 0 Å². The molecule has 0 fully saturated rings. The van der Waals surface area contributed by atoms with E-state index >= 15 is 0 Å². The fraction of sp³-hybridized carbons (Fsp3) is 0.556. The molecule has 74 valence electrons. The molecular formula is C9H15NO3. The van der Waals surface area contributed by atoms with Crippen molar-refractivity contribution in [2.45, 2.75) is 6.92 Å². The van der Waals surface area contributed by atoms with Crippen molar-refractivity contribution in [2.75, 3.05) is 20.7 Å². The zero-order valence-electron chi connectivity index (χ0n) is 8.24. The van der Waals surface area contributed by atoms with Gasteiger partial charge in [-0.05, 0) is 6.08 Å². The minimum absolute atomic E-state index is 0.198. The van der Waals surface area contributed by atoms with Gasteiger partial charge in [0.1, 0.15) is 0 Å². The average molecular weight is 185 g/mol. The first kappa shape index (κ1) is 11.7. The Morgan fingerprint density at radius 3 is 2.54 bits per heavy atom. The minimum Gasteiger partial charge on any atom is -0.469 e. The Balaban J connectivity index is 4.05. The van der Waals surface area contributed by atoms with Crippen molar-refractivity contribution in [1.82, 2.24) is 4.90 Å². The van der Waals surface area contributed by atoms with Crippen molar-refractivity contribution in [2.24, 2.45) is 5.92 Å². The Hall–Kier alpha value is -1.32. The van der Waals surface area contributed by atoms with Crippen LogP contribution in [-0.2, 0) is 14.3 Å². The lowest BCUT2D eigenvalue weighted by atomic mass is 10.2. The second-order valence-corrected chi connectivity index (χ2v) is 2.85. The number of likely N-dealkylation sites (N-methyl/N-ethyl adjacent to an activating group) is 1. The molecular weight excluding hydrogens is 170 g/mol. The standard InChI is InChI=1S/C9H15NO3/c1-5-8(11)10(3)6-7(2)9(12)13-4/h5,7H,1,6H2,2-4H3. The summed E-state index contributed by atoms with van der Waals surface area (Å²) in [6, 6.07) is 0. The number of amides is 1. The van der Waals surface area contributed by atoms with Crippen LogP contribution in [0.2, 0.25) is 0 Å². The number of carbonyl (C=O) groups excluding carboxylic acids is 2. The Morgan fingerprint density at radius 2 is 2.15 bits per heavy atom. The van der Waals surface area contributed by atoms with Gasteiger partial charge in [0.2, 0.25) is 5.91 Å². The Kier molecular flexibility index (Phi) is 4.80. The second kappa shape index (κ2) is 5.35. The number of hydrogen-bond donors (Lipinski definition) is 0. The van der Waals surface area contributed by atoms with E-state index in [1.165, 1.54) is 18.1 Å². The lowest BCUT2D eigenvalue weighted by Crippen LogP contribution is -2.32. The molecule has 1 atom stereocenters. The molecule has 0 aliphatic carbocycles. The van der Waals surface area contributed by atoms with Crippen molar-refractivity contribution >= 4 is 11.9 Å². The van der Waals surface area contributed by atoms with Gasteiger partial charge in [0, 0.05) is 13.6 Å². The van der Waals surface area contributed by atoms with E-state index < -0.39 is 0 Å². The minimum atomic E-state index is -0.316. The number of esters is 1. The van der Waals surface area contributed by atoms with E-state index in [1.807, 2.05) is 0 Å². The van der Waals surface area contributed by atoms with Crippen molar-refractivity contribution in [3.05, 3.63) is 12.7 Å². The summed E-state index contributed by atoms with van der Waals surface area (Å²) in [4.78, 5) is 23.4. The maximum absolute atomic E-state index is 11.0. The van der Waals surface area contributed by atoms with Crippen LogP contribution in [-0.4, -0.2) is 37.5 Å². The summed E-state index contributed by atoms with van der Waals surface area (Å²) >= 11 is 0. The predicted octanol–water partition coefficient (Wildman–Crippen LogP) is 0.440. The first-order valence-corrected chi connectivity index (χ1v) is 3.98. The molecule has 0 N–H and O–H groups in total. The highest BCUT2D eigenvalue weighted by atomic mass is 16.5. The number of hydrogen-bond acceptors (Lipinski definition) is 3. The SMILES string of the molecule is C=CC(=O)N(C)CC(C)C(=O)OC. The van der Waals surface area contributed by atoms with Gasteiger partial charge in [0.05, 0.1) is 13.0 Å². The van der Waals surface area contributed by atoms with Gasteiger partial charge in [0.25, 0.3) is 0 Å². The third-order valence-electron chi connectivity index (χ3n) is 1.70. The number of nitrogens with zero attached hydrogens (tertiary/aromatic N) is 1. The van der Waals surface area contributed by atoms with Gasteiger partial charge in [-0.15, -0.1) is 0 Å². The lowest BCUT2D eigenvalue weighted by Gasteiger charge is -2.18. The molecule has 0 saturated heterocycles. The number of rotatable bonds is 4. The smallest absolute Gasteiger partial charge is 0.310 e. The first-order chi connectivity index (χ1) is 6.02. The molecule has 0 aromatic rings. The van der Waals surface area contributed by atoms with E-state index in [9.17, 15) is 9.59 Å². The van der Waals surface area contributed by atoms with Gasteiger partial charge >= 0.3 is 5.97 Å². The van der Waals surface area contributed by atoms with Crippen molar-refractivity contribution in [1.29, 1.82) is 0 Å². The van der Waals surface area contributed by atoms with E-state index in [0.29, 0.717) is 6.54 Å². The average Bonchev–Trinajstić information content (AvgIpc) is 2.14. The second-order valence-electron chi connectivity index (χ2n) is 2.85. The largest absolute Gasteiger partial charge is 0.469 e. The summed E-state index contributed by atoms with van der Waals surface area (Å²) in [6.07, 6.45) is 1.21. The summed E-state index contributed by atoms with van der Waals surface area (Å²) < 4.78 is 4.52. The molecule has 0 aliphatic rings. The number of methoxy groups -OCH3 is 1. The maximum atomic E-state index is 11.0. The normalized spacial score (nSPS) is 11.6. The molecule has 1 amide bonds. The quantitative estimate of drug-likeness (QED) is 0.471. The van der Waals surface area contributed by atoms with E-state index in [0.717, 1.165) is 0 Å². The maximum Gasteiger partial charge on any atom is 0.310 e. The summed E-state index contributed by atoms with van der Waals surface area (Å²) in [5, 5.41) is 0. The predicted molar refractivity (Wildman–Crippen MR) is 49.0 cm³/mol. The van der Waals surface area contributed by atoms with Crippen molar-refractivity contribution in [3.8, 4) is 0 Å². The summed E-state index contributed by atoms with van der Waals surface area (Å²) in [7, 11) is 2.94. The summed E-state index contributed by atoms with van der Waals surface area (Å²) in [5.41, 5.74) is 0. The molecule has 0 aromatic heterocycles. The van der Waals surface area contributed by atoms with Crippen LogP contribution in [0.5, 0.6) is 0 Å². The van der Waals surface area contributed by atoms with Crippen LogP contribution >= 0.6 is 0 Å². The molecule has 4 heteroatoms. The zero-order chi connectivity index (χ0) is 10.4. The fourth-order valence-electron chi connectivity index (χ4n) is 0.932. The van der Waals surface area contributed by atoms with E-state index in [4.69, 9.17) is 0 Å². The molecule has 0 saturated carbocycles. The molecule has 13 heavy (non-hydrogen) atoms. The molecule has 0 aromatic carbocycles. The zero-order valence-corrected chi connectivity index (χ0v) is 8.24. The van der Waals surface area contributed by atoms with Crippen LogP contribution in [0.15, 0.2) is 12.7 Å². The molecule has 0 spiro atoms. The third kappa shape index (κ3) is 3.73. The van der Waals surface area contributed by atoms with Gasteiger partial charge < -0.3 is 9.64 Å². The number of ether oxygens (including phenoxy) is 1. The van der Waals surface area contributed by atoms with Crippen LogP contribution in [0, 0.1) is 5.92 Å². The van der Waals surface area contributed by atoms with Crippen LogP contribution in [0.25, 0.3) is 0 Å². The van der Waals surface area contributed by atoms with Crippen LogP contribution in [0.3, 0.4) is 0 Å². The Morgan fingerprint density at radius 1 is 1.62 bits per heavy atom. The molecule has 0 radical (unpaired) electrons. The molecule has 0 aliphatic heterocycles. The molecule has 0 bridgehead atoms. The van der Waals surface area contributed by atoms with E-state index in [-0.39, 0.29) is 17.8 Å². The summed E-state index contributed by atoms with van der Waals surface area (Å²) in [6.45, 7) is 5.40. The lowest BCUT2D eigenvalue weighted by molar-refractivity contribution is -0.145. The van der Waals surface area contributed by atoms with Crippen LogP contribution in [0.4, 0.5) is 0 Å². The monoisotopic (exact) mass is 185 g/mol. The topological polar surface area (TPSA) is 46.6 Å². The molecule has 0 rings (SSSR count). The molecule has 0 heterocycles. The fourth-order valence-corrected chi connectivity index (χ4v) is 0.932. The van der Waals surface area contributed by atoms with Gasteiger partial charge in [-0.1, -0.05) is 13.5 Å². The van der Waals surface area contributed by atoms with Gasteiger partial charge in [-0.3, -0.25) is 9.59 Å². The van der Waals surface area contributed by atoms with E-state index in [1.54, 1.807) is 14.0 Å². The highest BCUT2D eigenvalue weighted by Crippen LogP contribution is 2.00. The van der Waals surface area contributed by atoms with Crippen molar-refractivity contribution in [3.63, 3.8) is 0 Å². The molecule has 4 nitrogen and oxygen atoms in total. The van der Waals surface area contributed by atoms with Gasteiger partial charge in [-0.2, -0.15) is 0 Å². The van der Waals surface area contributed by atoms with Crippen molar-refractivity contribution < 1.29 is 14.3 Å². The first-order valence-electron chi connectivity index (χ1n) is 3.98. The molecule has 1 unspecified atom stereocenters. The Labute approximate surface area is 78.2 Å². The highest BCUT2D eigenvalue weighted by Gasteiger charge is 2.16. The number of carbonyl (C=O) groups is 2. The highest BCUT2D eigenvalue weighted by molar-refractivity contribution is 5.87. The van der Waals surface area contributed by atoms with Crippen LogP contribution in [0.1, 0.15) is 6.92 Å². The summed E-state index contributed by atoms with van der Waals surface area (Å²) in [5.74, 6) is -0.821. The third-order valence-corrected chi connectivity index (χ3v) is 1.70. The Bertz CT molecular complexity index is 213.